The summed E-state index contributed by atoms with van der Waals surface area (Å²) in [5.74, 6) is 2.97. The Morgan fingerprint density at radius 3 is 2.44 bits per heavy atom. The molecule has 134 valence electrons. The van der Waals surface area contributed by atoms with Crippen LogP contribution in [-0.2, 0) is 11.2 Å². The summed E-state index contributed by atoms with van der Waals surface area (Å²) in [4.78, 5) is 11.8. The summed E-state index contributed by atoms with van der Waals surface area (Å²) in [5, 5.41) is 2.94. The molecule has 6 heteroatoms. The molecule has 2 rings (SSSR count). The van der Waals surface area contributed by atoms with Crippen LogP contribution in [0.1, 0.15) is 5.56 Å². The molecule has 0 aromatic heterocycles. The van der Waals surface area contributed by atoms with E-state index in [9.17, 15) is 4.79 Å². The molecule has 0 aliphatic heterocycles. The van der Waals surface area contributed by atoms with E-state index < -0.39 is 0 Å². The van der Waals surface area contributed by atoms with Crippen LogP contribution in [0, 0.1) is 0 Å². The van der Waals surface area contributed by atoms with E-state index >= 15 is 0 Å². The van der Waals surface area contributed by atoms with E-state index in [0.717, 1.165) is 28.1 Å². The van der Waals surface area contributed by atoms with Gasteiger partial charge in [-0.1, -0.05) is 28.1 Å². The Bertz CT molecular complexity index is 647. The fourth-order valence-corrected chi connectivity index (χ4v) is 3.00. The van der Waals surface area contributed by atoms with Crippen LogP contribution >= 0.6 is 27.7 Å². The van der Waals surface area contributed by atoms with Gasteiger partial charge in [-0.25, -0.2) is 0 Å². The Morgan fingerprint density at radius 2 is 1.76 bits per heavy atom. The second-order valence-corrected chi connectivity index (χ2v) is 7.32. The molecule has 1 N–H and O–H groups in total. The molecule has 4 nitrogen and oxygen atoms in total. The molecule has 0 saturated carbocycles. The second kappa shape index (κ2) is 11.1. The second-order valence-electron chi connectivity index (χ2n) is 5.30. The van der Waals surface area contributed by atoms with Crippen molar-refractivity contribution >= 4 is 33.6 Å². The fourth-order valence-electron chi connectivity index (χ4n) is 2.10. The summed E-state index contributed by atoms with van der Waals surface area (Å²) in [6, 6.07) is 15.6. The normalized spacial score (nSPS) is 10.3. The van der Waals surface area contributed by atoms with Crippen molar-refractivity contribution in [3.63, 3.8) is 0 Å². The molecule has 0 heterocycles. The zero-order valence-corrected chi connectivity index (χ0v) is 16.6. The van der Waals surface area contributed by atoms with E-state index in [4.69, 9.17) is 9.47 Å². The summed E-state index contributed by atoms with van der Waals surface area (Å²) in [6.07, 6.45) is 0.813. The number of amides is 1. The minimum absolute atomic E-state index is 0.0575. The standard InChI is InChI=1S/C19H22BrNO3S/c1-23-17-6-2-15(3-7-17)10-11-21-19(22)14-25-13-12-24-18-8-4-16(20)5-9-18/h2-9H,10-14H2,1H3,(H,21,22). The average Bonchev–Trinajstić information content (AvgIpc) is 2.63. The quantitative estimate of drug-likeness (QED) is 0.588. The molecule has 0 atom stereocenters. The van der Waals surface area contributed by atoms with Gasteiger partial charge in [0, 0.05) is 16.8 Å². The number of thioether (sulfide) groups is 1. The molecule has 0 bridgehead atoms. The van der Waals surface area contributed by atoms with Gasteiger partial charge >= 0.3 is 0 Å². The predicted octanol–water partition coefficient (Wildman–Crippen LogP) is 3.93. The lowest BCUT2D eigenvalue weighted by atomic mass is 10.1. The maximum absolute atomic E-state index is 11.8. The Morgan fingerprint density at radius 1 is 1.08 bits per heavy atom. The summed E-state index contributed by atoms with van der Waals surface area (Å²) < 4.78 is 11.8. The monoisotopic (exact) mass is 423 g/mol. The van der Waals surface area contributed by atoms with Gasteiger partial charge in [-0.15, -0.1) is 11.8 Å². The number of benzene rings is 2. The number of ether oxygens (including phenoxy) is 2. The van der Waals surface area contributed by atoms with Crippen molar-refractivity contribution in [1.82, 2.24) is 5.32 Å². The van der Waals surface area contributed by atoms with E-state index in [0.29, 0.717) is 18.9 Å². The van der Waals surface area contributed by atoms with Crippen molar-refractivity contribution in [2.75, 3.05) is 31.8 Å². The molecule has 1 amide bonds. The fraction of sp³-hybridized carbons (Fsp3) is 0.316. The Hall–Kier alpha value is -1.66. The topological polar surface area (TPSA) is 47.6 Å². The number of rotatable bonds is 10. The third-order valence-electron chi connectivity index (χ3n) is 3.44. The Labute approximate surface area is 161 Å². The SMILES string of the molecule is COc1ccc(CCNC(=O)CSCCOc2ccc(Br)cc2)cc1. The van der Waals surface area contributed by atoms with Crippen LogP contribution in [-0.4, -0.2) is 37.7 Å². The molecule has 0 radical (unpaired) electrons. The van der Waals surface area contributed by atoms with E-state index in [2.05, 4.69) is 21.2 Å². The van der Waals surface area contributed by atoms with E-state index in [1.165, 1.54) is 5.56 Å². The lowest BCUT2D eigenvalue weighted by molar-refractivity contribution is -0.118. The van der Waals surface area contributed by atoms with Gasteiger partial charge in [0.1, 0.15) is 11.5 Å². The zero-order chi connectivity index (χ0) is 17.9. The summed E-state index contributed by atoms with van der Waals surface area (Å²) in [6.45, 7) is 1.23. The van der Waals surface area contributed by atoms with E-state index in [1.807, 2.05) is 48.5 Å². The van der Waals surface area contributed by atoms with E-state index in [1.54, 1.807) is 18.9 Å². The maximum atomic E-state index is 11.8. The van der Waals surface area contributed by atoms with Crippen LogP contribution in [0.3, 0.4) is 0 Å². The van der Waals surface area contributed by atoms with Gasteiger partial charge in [0.15, 0.2) is 0 Å². The van der Waals surface area contributed by atoms with E-state index in [-0.39, 0.29) is 5.91 Å². The number of halogens is 1. The largest absolute Gasteiger partial charge is 0.497 e. The third-order valence-corrected chi connectivity index (χ3v) is 4.89. The van der Waals surface area contributed by atoms with Gasteiger partial charge in [0.2, 0.25) is 5.91 Å². The maximum Gasteiger partial charge on any atom is 0.230 e. The summed E-state index contributed by atoms with van der Waals surface area (Å²) in [7, 11) is 1.65. The van der Waals surface area contributed by atoms with Crippen LogP contribution in [0.2, 0.25) is 0 Å². The molecule has 0 aliphatic carbocycles. The van der Waals surface area contributed by atoms with Crippen LogP contribution in [0.5, 0.6) is 11.5 Å². The van der Waals surface area contributed by atoms with Gasteiger partial charge in [-0.05, 0) is 48.4 Å². The highest BCUT2D eigenvalue weighted by Crippen LogP contribution is 2.16. The Kier molecular flexibility index (Phi) is 8.69. The van der Waals surface area contributed by atoms with Crippen LogP contribution in [0.15, 0.2) is 53.0 Å². The summed E-state index contributed by atoms with van der Waals surface area (Å²) in [5.41, 5.74) is 1.18. The molecule has 25 heavy (non-hydrogen) atoms. The zero-order valence-electron chi connectivity index (χ0n) is 14.2. The first kappa shape index (κ1) is 19.7. The number of carbonyl (C=O) groups excluding carboxylic acids is 1. The van der Waals surface area contributed by atoms with Gasteiger partial charge in [0.05, 0.1) is 19.5 Å². The third kappa shape index (κ3) is 7.84. The lowest BCUT2D eigenvalue weighted by Gasteiger charge is -2.07. The van der Waals surface area contributed by atoms with Crippen LogP contribution in [0.25, 0.3) is 0 Å². The van der Waals surface area contributed by atoms with Crippen molar-refractivity contribution in [2.45, 2.75) is 6.42 Å². The smallest absolute Gasteiger partial charge is 0.230 e. The lowest BCUT2D eigenvalue weighted by Crippen LogP contribution is -2.27. The first-order valence-corrected chi connectivity index (χ1v) is 9.98. The molecule has 2 aromatic carbocycles. The molecule has 0 aliphatic rings. The first-order chi connectivity index (χ1) is 12.2. The minimum Gasteiger partial charge on any atom is -0.497 e. The van der Waals surface area contributed by atoms with Crippen molar-refractivity contribution in [3.05, 3.63) is 58.6 Å². The van der Waals surface area contributed by atoms with Crippen molar-refractivity contribution < 1.29 is 14.3 Å². The van der Waals surface area contributed by atoms with Crippen LogP contribution in [0.4, 0.5) is 0 Å². The van der Waals surface area contributed by atoms with Gasteiger partial charge < -0.3 is 14.8 Å². The minimum atomic E-state index is 0.0575. The van der Waals surface area contributed by atoms with Gasteiger partial charge in [-0.2, -0.15) is 0 Å². The average molecular weight is 424 g/mol. The molecule has 0 saturated heterocycles. The van der Waals surface area contributed by atoms with Gasteiger partial charge in [0.25, 0.3) is 0 Å². The highest BCUT2D eigenvalue weighted by molar-refractivity contribution is 9.10. The molecule has 0 fully saturated rings. The van der Waals surface area contributed by atoms with Crippen molar-refractivity contribution in [1.29, 1.82) is 0 Å². The predicted molar refractivity (Wildman–Crippen MR) is 107 cm³/mol. The van der Waals surface area contributed by atoms with Crippen molar-refractivity contribution in [3.8, 4) is 11.5 Å². The van der Waals surface area contributed by atoms with Crippen molar-refractivity contribution in [2.24, 2.45) is 0 Å². The van der Waals surface area contributed by atoms with Crippen LogP contribution < -0.4 is 14.8 Å². The number of methoxy groups -OCH3 is 1. The molecule has 0 spiro atoms. The number of carbonyl (C=O) groups is 1. The number of nitrogens with one attached hydrogen (secondary N) is 1. The number of hydrogen-bond donors (Lipinski definition) is 1. The highest BCUT2D eigenvalue weighted by atomic mass is 79.9. The summed E-state index contributed by atoms with van der Waals surface area (Å²) >= 11 is 4.96. The molecular formula is C19H22BrNO3S. The molecular weight excluding hydrogens is 402 g/mol. The highest BCUT2D eigenvalue weighted by Gasteiger charge is 2.02. The molecule has 0 unspecified atom stereocenters. The molecule has 2 aromatic rings. The van der Waals surface area contributed by atoms with Gasteiger partial charge in [-0.3, -0.25) is 4.79 Å². The Balaban J connectivity index is 1.52. The number of hydrogen-bond acceptors (Lipinski definition) is 4. The first-order valence-electron chi connectivity index (χ1n) is 8.03.